The molecule has 0 N–H and O–H groups in total. The van der Waals surface area contributed by atoms with Gasteiger partial charge in [-0.15, -0.1) is 10.2 Å². The van der Waals surface area contributed by atoms with Gasteiger partial charge in [-0.3, -0.25) is 0 Å². The van der Waals surface area contributed by atoms with Gasteiger partial charge in [0.25, 0.3) is 0 Å². The van der Waals surface area contributed by atoms with Crippen molar-refractivity contribution >= 4 is 38.9 Å². The number of benzene rings is 8. The third kappa shape index (κ3) is 5.69. The lowest BCUT2D eigenvalue weighted by Crippen LogP contribution is -2.11. The van der Waals surface area contributed by atoms with Crippen molar-refractivity contribution < 1.29 is 0 Å². The van der Waals surface area contributed by atoms with Crippen LogP contribution < -0.4 is 4.90 Å². The van der Waals surface area contributed by atoms with Gasteiger partial charge in [0.15, 0.2) is 0 Å². The monoisotopic (exact) mass is 640 g/mol. The summed E-state index contributed by atoms with van der Waals surface area (Å²) in [6, 6.07) is 68.2. The van der Waals surface area contributed by atoms with Crippen molar-refractivity contribution in [2.45, 2.75) is 0 Å². The van der Waals surface area contributed by atoms with Crippen molar-refractivity contribution in [3.63, 3.8) is 0 Å². The maximum absolute atomic E-state index is 4.95. The number of rotatable bonds is 7. The van der Waals surface area contributed by atoms with E-state index >= 15 is 0 Å². The van der Waals surface area contributed by atoms with E-state index in [0.717, 1.165) is 44.9 Å². The minimum atomic E-state index is 0.852. The second-order valence-electron chi connectivity index (χ2n) is 12.4. The summed E-state index contributed by atoms with van der Waals surface area (Å²) in [6.45, 7) is 0. The van der Waals surface area contributed by atoms with E-state index in [1.807, 2.05) is 12.1 Å². The largest absolute Gasteiger partial charge is 0.310 e. The Hall–Kier alpha value is -6.78. The normalized spacial score (nSPS) is 11.2. The molecule has 0 aliphatic heterocycles. The van der Waals surface area contributed by atoms with Crippen molar-refractivity contribution in [3.05, 3.63) is 194 Å². The van der Waals surface area contributed by atoms with E-state index in [1.165, 1.54) is 33.0 Å². The Kier molecular flexibility index (Phi) is 7.45. The Labute approximate surface area is 291 Å². The van der Waals surface area contributed by atoms with Crippen molar-refractivity contribution in [3.8, 4) is 39.1 Å². The third-order valence-corrected chi connectivity index (χ3v) is 9.25. The third-order valence-electron chi connectivity index (χ3n) is 9.25. The molecule has 0 radical (unpaired) electrons. The zero-order valence-electron chi connectivity index (χ0n) is 27.3. The first-order valence-corrected chi connectivity index (χ1v) is 16.8. The first-order valence-electron chi connectivity index (χ1n) is 16.8. The summed E-state index contributed by atoms with van der Waals surface area (Å²) in [7, 11) is 0. The van der Waals surface area contributed by atoms with Gasteiger partial charge in [-0.05, 0) is 105 Å². The van der Waals surface area contributed by atoms with Crippen LogP contribution in [0.3, 0.4) is 0 Å². The Balaban J connectivity index is 1.09. The first kappa shape index (κ1) is 29.4. The Morgan fingerprint density at radius 1 is 0.320 bits per heavy atom. The predicted molar refractivity (Wildman–Crippen MR) is 207 cm³/mol. The highest BCUT2D eigenvalue weighted by Gasteiger charge is 2.15. The van der Waals surface area contributed by atoms with E-state index < -0.39 is 0 Å². The molecule has 8 aromatic carbocycles. The minimum Gasteiger partial charge on any atom is -0.310 e. The summed E-state index contributed by atoms with van der Waals surface area (Å²) in [4.78, 5) is 4.03. The highest BCUT2D eigenvalue weighted by molar-refractivity contribution is 5.89. The van der Waals surface area contributed by atoms with Crippen LogP contribution in [0.25, 0.3) is 60.9 Å². The highest BCUT2D eigenvalue weighted by atomic mass is 15.5. The van der Waals surface area contributed by atoms with Gasteiger partial charge in [-0.25, -0.2) is 0 Å². The molecule has 1 heterocycles. The van der Waals surface area contributed by atoms with Gasteiger partial charge in [0, 0.05) is 17.1 Å². The van der Waals surface area contributed by atoms with Crippen LogP contribution in [0.5, 0.6) is 0 Å². The van der Waals surface area contributed by atoms with Gasteiger partial charge < -0.3 is 4.90 Å². The zero-order valence-corrected chi connectivity index (χ0v) is 27.3. The van der Waals surface area contributed by atoms with Crippen LogP contribution in [0.1, 0.15) is 0 Å². The Morgan fingerprint density at radius 3 is 1.50 bits per heavy atom. The molecule has 0 spiro atoms. The molecule has 0 unspecified atom stereocenters. The molecule has 0 bridgehead atoms. The maximum atomic E-state index is 4.95. The topological polar surface area (TPSA) is 34.0 Å². The molecule has 236 valence electrons. The number of hydrogen-bond donors (Lipinski definition) is 0. The number of anilines is 3. The number of aromatic nitrogens is 3. The minimum absolute atomic E-state index is 0.852. The molecule has 0 saturated heterocycles. The average molecular weight is 641 g/mol. The second-order valence-corrected chi connectivity index (χ2v) is 12.4. The molecular weight excluding hydrogens is 609 g/mol. The lowest BCUT2D eigenvalue weighted by Gasteiger charge is -2.26. The van der Waals surface area contributed by atoms with Gasteiger partial charge >= 0.3 is 0 Å². The van der Waals surface area contributed by atoms with Crippen molar-refractivity contribution in [1.29, 1.82) is 0 Å². The number of fused-ring (bicyclic) bond motifs is 2. The molecule has 0 atom stereocenters. The summed E-state index contributed by atoms with van der Waals surface area (Å²) in [5.74, 6) is 0. The smallest absolute Gasteiger partial charge is 0.114 e. The highest BCUT2D eigenvalue weighted by Crippen LogP contribution is 2.37. The van der Waals surface area contributed by atoms with Crippen LogP contribution in [0, 0.1) is 0 Å². The molecule has 0 aliphatic carbocycles. The fraction of sp³-hybridized carbons (Fsp3) is 0. The van der Waals surface area contributed by atoms with Crippen molar-refractivity contribution in [1.82, 2.24) is 15.0 Å². The SMILES string of the molecule is c1ccc(-c2ccc(N(c3ccc(-c4ccccc4)cc3)c3cccc(-n4nc5ccc(-c6ccc7ccccc7c6)cc5n4)c3)cc2)cc1. The molecule has 1 aromatic heterocycles. The van der Waals surface area contributed by atoms with Gasteiger partial charge in [0.05, 0.1) is 5.69 Å². The van der Waals surface area contributed by atoms with Crippen LogP contribution in [0.2, 0.25) is 0 Å². The molecule has 0 aliphatic rings. The Bertz CT molecular complexity index is 2490. The fourth-order valence-corrected chi connectivity index (χ4v) is 6.65. The zero-order chi connectivity index (χ0) is 33.3. The molecule has 50 heavy (non-hydrogen) atoms. The van der Waals surface area contributed by atoms with Crippen LogP contribution in [0.4, 0.5) is 17.1 Å². The van der Waals surface area contributed by atoms with Crippen molar-refractivity contribution in [2.75, 3.05) is 4.90 Å². The van der Waals surface area contributed by atoms with Gasteiger partial charge in [0.1, 0.15) is 11.0 Å². The molecule has 9 aromatic rings. The number of hydrogen-bond acceptors (Lipinski definition) is 3. The van der Waals surface area contributed by atoms with Crippen LogP contribution in [-0.4, -0.2) is 15.0 Å². The lowest BCUT2D eigenvalue weighted by molar-refractivity contribution is 0.765. The van der Waals surface area contributed by atoms with E-state index in [1.54, 1.807) is 4.80 Å². The first-order chi connectivity index (χ1) is 24.7. The second kappa shape index (κ2) is 12.7. The summed E-state index contributed by atoms with van der Waals surface area (Å²) in [6.07, 6.45) is 0. The van der Waals surface area contributed by atoms with Gasteiger partial charge in [-0.1, -0.05) is 133 Å². The van der Waals surface area contributed by atoms with Crippen molar-refractivity contribution in [2.24, 2.45) is 0 Å². The molecule has 0 fully saturated rings. The van der Waals surface area contributed by atoms with Crippen LogP contribution in [0.15, 0.2) is 194 Å². The average Bonchev–Trinajstić information content (AvgIpc) is 3.63. The van der Waals surface area contributed by atoms with Gasteiger partial charge in [0.2, 0.25) is 0 Å². The van der Waals surface area contributed by atoms with Crippen LogP contribution >= 0.6 is 0 Å². The Morgan fingerprint density at radius 2 is 0.840 bits per heavy atom. The van der Waals surface area contributed by atoms with E-state index in [2.05, 4.69) is 187 Å². The molecule has 4 heteroatoms. The number of nitrogens with zero attached hydrogens (tertiary/aromatic N) is 4. The summed E-state index contributed by atoms with van der Waals surface area (Å²) < 4.78 is 0. The molecule has 9 rings (SSSR count). The standard InChI is InChI=1S/C46H32N4/c1-3-10-33(11-4-1)36-20-25-41(26-21-36)49(42-27-22-37(23-28-42)34-12-5-2-6-13-34)43-16-9-17-44(32-43)50-47-45-29-24-40(31-46(45)48-50)39-19-18-35-14-7-8-15-38(35)30-39/h1-32H. The molecular formula is C46H32N4. The van der Waals surface area contributed by atoms with E-state index in [-0.39, 0.29) is 0 Å². The van der Waals surface area contributed by atoms with E-state index in [4.69, 9.17) is 10.2 Å². The predicted octanol–water partition coefficient (Wildman–Crippen LogP) is 12.0. The summed E-state index contributed by atoms with van der Waals surface area (Å²) >= 11 is 0. The van der Waals surface area contributed by atoms with Crippen LogP contribution in [-0.2, 0) is 0 Å². The summed E-state index contributed by atoms with van der Waals surface area (Å²) in [5.41, 5.74) is 12.8. The molecule has 0 saturated carbocycles. The van der Waals surface area contributed by atoms with E-state index in [9.17, 15) is 0 Å². The quantitative estimate of drug-likeness (QED) is 0.174. The molecule has 4 nitrogen and oxygen atoms in total. The molecule has 0 amide bonds. The fourth-order valence-electron chi connectivity index (χ4n) is 6.65. The maximum Gasteiger partial charge on any atom is 0.114 e. The van der Waals surface area contributed by atoms with E-state index in [0.29, 0.717) is 0 Å². The lowest BCUT2D eigenvalue weighted by atomic mass is 10.0. The van der Waals surface area contributed by atoms with Gasteiger partial charge in [-0.2, -0.15) is 4.80 Å². The summed E-state index contributed by atoms with van der Waals surface area (Å²) in [5, 5.41) is 12.3.